The van der Waals surface area contributed by atoms with Gasteiger partial charge in [0.1, 0.15) is 12.7 Å². The van der Waals surface area contributed by atoms with Gasteiger partial charge in [0, 0.05) is 24.0 Å². The second-order valence-corrected chi connectivity index (χ2v) is 7.71. The molecule has 128 valence electrons. The van der Waals surface area contributed by atoms with Crippen LogP contribution in [0, 0.1) is 0 Å². The third-order valence-electron chi connectivity index (χ3n) is 5.26. The Kier molecular flexibility index (Phi) is 4.37. The first-order valence-electron chi connectivity index (χ1n) is 8.64. The molecule has 1 fully saturated rings. The molecule has 0 aromatic carbocycles. The summed E-state index contributed by atoms with van der Waals surface area (Å²) in [5, 5.41) is 6.35. The lowest BCUT2D eigenvalue weighted by molar-refractivity contribution is -0.137. The zero-order valence-corrected chi connectivity index (χ0v) is 14.8. The van der Waals surface area contributed by atoms with E-state index in [1.807, 2.05) is 20.9 Å². The lowest BCUT2D eigenvalue weighted by Gasteiger charge is -2.35. The first kappa shape index (κ1) is 15.8. The van der Waals surface area contributed by atoms with Crippen LogP contribution in [0.15, 0.2) is 24.1 Å². The highest BCUT2D eigenvalue weighted by atomic mass is 32.1. The van der Waals surface area contributed by atoms with E-state index in [4.69, 9.17) is 0 Å². The molecule has 4 rings (SSSR count). The Labute approximate surface area is 146 Å². The molecule has 2 unspecified atom stereocenters. The molecular weight excluding hydrogens is 322 g/mol. The van der Waals surface area contributed by atoms with E-state index >= 15 is 0 Å². The molecule has 2 aromatic rings. The van der Waals surface area contributed by atoms with E-state index in [9.17, 15) is 4.79 Å². The second-order valence-electron chi connectivity index (χ2n) is 6.71. The molecule has 6 nitrogen and oxygen atoms in total. The molecule has 2 aliphatic heterocycles. The molecule has 2 aliphatic rings. The molecule has 24 heavy (non-hydrogen) atoms. The van der Waals surface area contributed by atoms with E-state index in [2.05, 4.69) is 33.4 Å². The van der Waals surface area contributed by atoms with Crippen LogP contribution in [0.4, 0.5) is 0 Å². The van der Waals surface area contributed by atoms with Crippen molar-refractivity contribution in [2.75, 3.05) is 13.1 Å². The van der Waals surface area contributed by atoms with Crippen molar-refractivity contribution >= 4 is 17.2 Å². The van der Waals surface area contributed by atoms with E-state index in [-0.39, 0.29) is 11.9 Å². The number of thiophene rings is 1. The molecule has 2 atom stereocenters. The maximum atomic E-state index is 13.0. The molecule has 7 heteroatoms. The number of carbonyl (C=O) groups is 1. The van der Waals surface area contributed by atoms with Crippen LogP contribution in [0.2, 0.25) is 0 Å². The second kappa shape index (κ2) is 6.64. The van der Waals surface area contributed by atoms with Crippen LogP contribution in [0.1, 0.15) is 30.2 Å². The van der Waals surface area contributed by atoms with Gasteiger partial charge in [-0.05, 0) is 49.7 Å². The molecule has 4 heterocycles. The van der Waals surface area contributed by atoms with Gasteiger partial charge in [0.15, 0.2) is 0 Å². The van der Waals surface area contributed by atoms with Crippen molar-refractivity contribution in [2.24, 2.45) is 0 Å². The van der Waals surface area contributed by atoms with Gasteiger partial charge in [0.25, 0.3) is 0 Å². The van der Waals surface area contributed by atoms with Gasteiger partial charge in [-0.25, -0.2) is 4.98 Å². The van der Waals surface area contributed by atoms with Crippen LogP contribution < -0.4 is 0 Å². The van der Waals surface area contributed by atoms with Gasteiger partial charge in [-0.3, -0.25) is 14.4 Å². The topological polar surface area (TPSA) is 54.3 Å². The Balaban J connectivity index is 1.42. The van der Waals surface area contributed by atoms with Gasteiger partial charge in [0.05, 0.1) is 12.6 Å². The maximum Gasteiger partial charge on any atom is 0.239 e. The highest BCUT2D eigenvalue weighted by Gasteiger charge is 2.35. The van der Waals surface area contributed by atoms with Crippen molar-refractivity contribution in [1.82, 2.24) is 24.6 Å². The molecule has 0 aliphatic carbocycles. The largest absolute Gasteiger partial charge is 0.337 e. The van der Waals surface area contributed by atoms with Crippen LogP contribution in [-0.4, -0.2) is 55.6 Å². The van der Waals surface area contributed by atoms with Crippen LogP contribution in [0.25, 0.3) is 0 Å². The predicted molar refractivity (Wildman–Crippen MR) is 92.7 cm³/mol. The summed E-state index contributed by atoms with van der Waals surface area (Å²) in [6, 6.07) is 2.46. The zero-order chi connectivity index (χ0) is 16.5. The van der Waals surface area contributed by atoms with Crippen molar-refractivity contribution < 1.29 is 4.79 Å². The Morgan fingerprint density at radius 3 is 3.21 bits per heavy atom. The summed E-state index contributed by atoms with van der Waals surface area (Å²) in [7, 11) is 0. The van der Waals surface area contributed by atoms with Gasteiger partial charge in [-0.2, -0.15) is 5.10 Å². The first-order chi connectivity index (χ1) is 11.7. The molecular formula is C17H23N5OS. The number of hydrogen-bond donors (Lipinski definition) is 0. The van der Waals surface area contributed by atoms with Crippen molar-refractivity contribution in [1.29, 1.82) is 0 Å². The van der Waals surface area contributed by atoms with Gasteiger partial charge < -0.3 is 4.90 Å². The summed E-state index contributed by atoms with van der Waals surface area (Å²) in [5.41, 5.74) is 1.33. The van der Waals surface area contributed by atoms with Crippen LogP contribution in [-0.2, 0) is 24.3 Å². The van der Waals surface area contributed by atoms with Crippen LogP contribution in [0.3, 0.4) is 0 Å². The summed E-state index contributed by atoms with van der Waals surface area (Å²) in [6.07, 6.45) is 6.58. The smallest absolute Gasteiger partial charge is 0.239 e. The number of hydrogen-bond acceptors (Lipinski definition) is 5. The van der Waals surface area contributed by atoms with Gasteiger partial charge in [-0.15, -0.1) is 11.3 Å². The van der Waals surface area contributed by atoms with Gasteiger partial charge in [-0.1, -0.05) is 0 Å². The van der Waals surface area contributed by atoms with Crippen molar-refractivity contribution in [3.05, 3.63) is 34.5 Å². The Hall–Kier alpha value is -1.73. The van der Waals surface area contributed by atoms with Crippen molar-refractivity contribution in [3.63, 3.8) is 0 Å². The fraction of sp³-hybridized carbons (Fsp3) is 0.588. The van der Waals surface area contributed by atoms with E-state index < -0.39 is 0 Å². The number of likely N-dealkylation sites (tertiary alicyclic amines) is 1. The average Bonchev–Trinajstić information content (AvgIpc) is 3.34. The van der Waals surface area contributed by atoms with Crippen LogP contribution >= 0.6 is 11.3 Å². The number of rotatable bonds is 4. The molecule has 0 radical (unpaired) electrons. The maximum absolute atomic E-state index is 13.0. The molecule has 0 spiro atoms. The SMILES string of the molecule is CC(C(=O)N1CCc2sccc2C1)N1CCCC1Cn1cncn1. The van der Waals surface area contributed by atoms with E-state index in [1.165, 1.54) is 10.4 Å². The zero-order valence-electron chi connectivity index (χ0n) is 14.0. The average molecular weight is 345 g/mol. The predicted octanol–water partition coefficient (Wildman–Crippen LogP) is 1.78. The molecule has 2 aromatic heterocycles. The summed E-state index contributed by atoms with van der Waals surface area (Å²) >= 11 is 1.81. The summed E-state index contributed by atoms with van der Waals surface area (Å²) < 4.78 is 1.87. The summed E-state index contributed by atoms with van der Waals surface area (Å²) in [6.45, 7) is 5.48. The fourth-order valence-corrected chi connectivity index (χ4v) is 4.84. The first-order valence-corrected chi connectivity index (χ1v) is 9.52. The summed E-state index contributed by atoms with van der Waals surface area (Å²) in [4.78, 5) is 22.9. The lowest BCUT2D eigenvalue weighted by atomic mass is 10.1. The minimum Gasteiger partial charge on any atom is -0.337 e. The minimum absolute atomic E-state index is 0.0683. The fourth-order valence-electron chi connectivity index (χ4n) is 3.95. The third-order valence-corrected chi connectivity index (χ3v) is 6.28. The molecule has 0 saturated carbocycles. The van der Waals surface area contributed by atoms with Crippen LogP contribution in [0.5, 0.6) is 0 Å². The quantitative estimate of drug-likeness (QED) is 0.848. The van der Waals surface area contributed by atoms with Gasteiger partial charge in [0.2, 0.25) is 5.91 Å². The number of carbonyl (C=O) groups excluding carboxylic acids is 1. The Morgan fingerprint density at radius 2 is 2.38 bits per heavy atom. The number of aromatic nitrogens is 3. The third kappa shape index (κ3) is 2.98. The lowest BCUT2D eigenvalue weighted by Crippen LogP contribution is -2.50. The summed E-state index contributed by atoms with van der Waals surface area (Å²) in [5.74, 6) is 0.261. The molecule has 1 amide bonds. The Bertz CT molecular complexity index is 698. The minimum atomic E-state index is -0.0683. The molecule has 0 N–H and O–H groups in total. The number of fused-ring (bicyclic) bond motifs is 1. The van der Waals surface area contributed by atoms with E-state index in [0.717, 1.165) is 45.4 Å². The van der Waals surface area contributed by atoms with Crippen molar-refractivity contribution in [3.8, 4) is 0 Å². The molecule has 1 saturated heterocycles. The van der Waals surface area contributed by atoms with E-state index in [1.54, 1.807) is 12.7 Å². The van der Waals surface area contributed by atoms with Gasteiger partial charge >= 0.3 is 0 Å². The number of nitrogens with zero attached hydrogens (tertiary/aromatic N) is 5. The normalized spacial score (nSPS) is 22.5. The monoisotopic (exact) mass is 345 g/mol. The number of amides is 1. The standard InChI is InChI=1S/C17H23N5OS/c1-13(17(23)20-7-4-16-14(9-20)5-8-24-16)22-6-2-3-15(22)10-21-12-18-11-19-21/h5,8,11-13,15H,2-4,6-7,9-10H2,1H3. The highest BCUT2D eigenvalue weighted by molar-refractivity contribution is 7.10. The highest BCUT2D eigenvalue weighted by Crippen LogP contribution is 2.27. The van der Waals surface area contributed by atoms with E-state index in [0.29, 0.717) is 6.04 Å². The Morgan fingerprint density at radius 1 is 1.46 bits per heavy atom. The molecule has 0 bridgehead atoms. The van der Waals surface area contributed by atoms with Crippen molar-refractivity contribution in [2.45, 2.75) is 51.4 Å².